The van der Waals surface area contributed by atoms with E-state index in [1.54, 1.807) is 0 Å². The third-order valence-electron chi connectivity index (χ3n) is 1.52. The molecule has 0 aliphatic heterocycles. The van der Waals surface area contributed by atoms with Gasteiger partial charge in [0.1, 0.15) is 0 Å². The first-order valence-corrected chi connectivity index (χ1v) is 4.87. The number of carbonyl (C=O) groups excluding carboxylic acids is 1. The van der Waals surface area contributed by atoms with Crippen LogP contribution in [0.15, 0.2) is 12.1 Å². The minimum Gasteiger partial charge on any atom is -0.504 e. The molecule has 70 valence electrons. The number of benzene rings is 1. The number of hydrogen-bond donors (Lipinski definition) is 2. The third-order valence-corrected chi connectivity index (χ3v) is 2.41. The Labute approximate surface area is 88.1 Å². The van der Waals surface area contributed by atoms with Gasteiger partial charge in [-0.3, -0.25) is 4.79 Å². The van der Waals surface area contributed by atoms with Crippen molar-refractivity contribution in [3.63, 3.8) is 0 Å². The second-order valence-electron chi connectivity index (χ2n) is 2.35. The van der Waals surface area contributed by atoms with Gasteiger partial charge in [-0.05, 0) is 12.1 Å². The lowest BCUT2D eigenvalue weighted by molar-refractivity contribution is 0.102. The van der Waals surface area contributed by atoms with Crippen LogP contribution >= 0.6 is 27.5 Å². The molecule has 0 aromatic heterocycles. The van der Waals surface area contributed by atoms with Crippen LogP contribution in [0.5, 0.6) is 11.5 Å². The first kappa shape index (κ1) is 10.3. The molecule has 0 spiro atoms. The second-order valence-corrected chi connectivity index (χ2v) is 3.29. The number of aromatic hydroxyl groups is 2. The predicted octanol–water partition coefficient (Wildman–Crippen LogP) is 2.33. The molecule has 1 aromatic rings. The summed E-state index contributed by atoms with van der Waals surface area (Å²) in [5.74, 6) is -1.05. The summed E-state index contributed by atoms with van der Waals surface area (Å²) in [6.45, 7) is 0. The molecule has 0 aliphatic carbocycles. The van der Waals surface area contributed by atoms with E-state index >= 15 is 0 Å². The van der Waals surface area contributed by atoms with Crippen LogP contribution in [0.25, 0.3) is 0 Å². The fourth-order valence-electron chi connectivity index (χ4n) is 0.842. The van der Waals surface area contributed by atoms with Gasteiger partial charge in [-0.25, -0.2) is 0 Å². The van der Waals surface area contributed by atoms with Crippen molar-refractivity contribution in [2.75, 3.05) is 5.33 Å². The van der Waals surface area contributed by atoms with Crippen molar-refractivity contribution in [1.82, 2.24) is 0 Å². The molecule has 0 amide bonds. The van der Waals surface area contributed by atoms with Gasteiger partial charge in [0.25, 0.3) is 0 Å². The summed E-state index contributed by atoms with van der Waals surface area (Å²) in [5, 5.41) is 18.2. The molecule has 3 nitrogen and oxygen atoms in total. The van der Waals surface area contributed by atoms with Crippen LogP contribution in [-0.4, -0.2) is 21.3 Å². The van der Waals surface area contributed by atoms with E-state index in [-0.39, 0.29) is 27.4 Å². The van der Waals surface area contributed by atoms with Crippen LogP contribution in [0.3, 0.4) is 0 Å². The molecule has 1 aromatic carbocycles. The minimum atomic E-state index is -0.464. The Morgan fingerprint density at radius 2 is 2.08 bits per heavy atom. The van der Waals surface area contributed by atoms with Gasteiger partial charge in [-0.15, -0.1) is 0 Å². The molecule has 0 fully saturated rings. The fourth-order valence-corrected chi connectivity index (χ4v) is 1.41. The number of halogens is 2. The summed E-state index contributed by atoms with van der Waals surface area (Å²) < 4.78 is 0. The largest absolute Gasteiger partial charge is 0.504 e. The summed E-state index contributed by atoms with van der Waals surface area (Å²) in [7, 11) is 0. The van der Waals surface area contributed by atoms with Crippen LogP contribution in [0.2, 0.25) is 5.02 Å². The maximum absolute atomic E-state index is 11.2. The molecule has 5 heteroatoms. The molecule has 0 heterocycles. The molecule has 0 saturated carbocycles. The fraction of sp³-hybridized carbons (Fsp3) is 0.125. The second kappa shape index (κ2) is 3.98. The summed E-state index contributed by atoms with van der Waals surface area (Å²) >= 11 is 8.60. The molecular formula is C8H6BrClO3. The van der Waals surface area contributed by atoms with Crippen molar-refractivity contribution >= 4 is 33.3 Å². The highest BCUT2D eigenvalue weighted by Gasteiger charge is 2.14. The number of carbonyl (C=O) groups is 1. The van der Waals surface area contributed by atoms with Gasteiger partial charge in [0.15, 0.2) is 17.3 Å². The maximum Gasteiger partial charge on any atom is 0.177 e. The van der Waals surface area contributed by atoms with Crippen molar-refractivity contribution in [2.45, 2.75) is 0 Å². The average molecular weight is 265 g/mol. The number of Topliss-reactive ketones (excluding diaryl/α,β-unsaturated/α-hetero) is 1. The monoisotopic (exact) mass is 264 g/mol. The number of hydrogen-bond acceptors (Lipinski definition) is 3. The Kier molecular flexibility index (Phi) is 3.17. The lowest BCUT2D eigenvalue weighted by Crippen LogP contribution is -2.00. The van der Waals surface area contributed by atoms with E-state index in [1.807, 2.05) is 0 Å². The summed E-state index contributed by atoms with van der Waals surface area (Å²) in [5.41, 5.74) is 0.189. The number of phenolic OH excluding ortho intramolecular Hbond substituents is 2. The Morgan fingerprint density at radius 3 is 2.62 bits per heavy atom. The first-order chi connectivity index (χ1) is 6.07. The van der Waals surface area contributed by atoms with Crippen molar-refractivity contribution in [2.24, 2.45) is 0 Å². The first-order valence-electron chi connectivity index (χ1n) is 3.37. The maximum atomic E-state index is 11.2. The van der Waals surface area contributed by atoms with E-state index in [0.717, 1.165) is 0 Å². The predicted molar refractivity (Wildman–Crippen MR) is 52.9 cm³/mol. The molecule has 2 N–H and O–H groups in total. The lowest BCUT2D eigenvalue weighted by atomic mass is 10.1. The van der Waals surface area contributed by atoms with E-state index in [1.165, 1.54) is 12.1 Å². The molecule has 0 aliphatic rings. The van der Waals surface area contributed by atoms with Crippen LogP contribution < -0.4 is 0 Å². The number of phenols is 2. The quantitative estimate of drug-likeness (QED) is 0.490. The molecular weight excluding hydrogens is 259 g/mol. The van der Waals surface area contributed by atoms with Crippen molar-refractivity contribution in [1.29, 1.82) is 0 Å². The molecule has 0 saturated heterocycles. The number of ketones is 1. The SMILES string of the molecule is O=C(CBr)c1ccc(O)c(O)c1Cl. The van der Waals surface area contributed by atoms with Gasteiger partial charge in [-0.2, -0.15) is 0 Å². The zero-order valence-corrected chi connectivity index (χ0v) is 8.76. The molecule has 0 radical (unpaired) electrons. The minimum absolute atomic E-state index is 0.121. The highest BCUT2D eigenvalue weighted by Crippen LogP contribution is 2.35. The van der Waals surface area contributed by atoms with Gasteiger partial charge in [0, 0.05) is 5.56 Å². The summed E-state index contributed by atoms with van der Waals surface area (Å²) in [4.78, 5) is 11.2. The van der Waals surface area contributed by atoms with Gasteiger partial charge in [0.2, 0.25) is 0 Å². The Balaban J connectivity index is 3.26. The van der Waals surface area contributed by atoms with Crippen LogP contribution in [0, 0.1) is 0 Å². The molecule has 1 rings (SSSR count). The third kappa shape index (κ3) is 1.95. The Hall–Kier alpha value is -0.740. The van der Waals surface area contributed by atoms with Crippen molar-refractivity contribution in [3.8, 4) is 11.5 Å². The average Bonchev–Trinajstić information content (AvgIpc) is 2.13. The number of alkyl halides is 1. The zero-order valence-electron chi connectivity index (χ0n) is 6.42. The molecule has 0 bridgehead atoms. The normalized spacial score (nSPS) is 10.0. The highest BCUT2D eigenvalue weighted by molar-refractivity contribution is 9.09. The zero-order chi connectivity index (χ0) is 10.0. The van der Waals surface area contributed by atoms with Crippen molar-refractivity contribution in [3.05, 3.63) is 22.7 Å². The Bertz CT molecular complexity index is 351. The van der Waals surface area contributed by atoms with Gasteiger partial charge < -0.3 is 10.2 Å². The van der Waals surface area contributed by atoms with Crippen molar-refractivity contribution < 1.29 is 15.0 Å². The van der Waals surface area contributed by atoms with E-state index in [0.29, 0.717) is 0 Å². The standard InChI is InChI=1S/C8H6BrClO3/c9-3-6(12)4-1-2-5(11)8(13)7(4)10/h1-2,11,13H,3H2. The van der Waals surface area contributed by atoms with E-state index < -0.39 is 5.75 Å². The van der Waals surface area contributed by atoms with Crippen LogP contribution in [-0.2, 0) is 0 Å². The van der Waals surface area contributed by atoms with E-state index in [4.69, 9.17) is 16.7 Å². The summed E-state index contributed by atoms with van der Waals surface area (Å²) in [6, 6.07) is 2.58. The van der Waals surface area contributed by atoms with E-state index in [9.17, 15) is 9.90 Å². The molecule has 0 unspecified atom stereocenters. The summed E-state index contributed by atoms with van der Waals surface area (Å²) in [6.07, 6.45) is 0. The molecule has 13 heavy (non-hydrogen) atoms. The number of rotatable bonds is 2. The highest BCUT2D eigenvalue weighted by atomic mass is 79.9. The van der Waals surface area contributed by atoms with Gasteiger partial charge >= 0.3 is 0 Å². The van der Waals surface area contributed by atoms with Gasteiger partial charge in [0.05, 0.1) is 10.4 Å². The van der Waals surface area contributed by atoms with Crippen LogP contribution in [0.1, 0.15) is 10.4 Å². The Morgan fingerprint density at radius 1 is 1.46 bits per heavy atom. The smallest absolute Gasteiger partial charge is 0.177 e. The molecule has 0 atom stereocenters. The topological polar surface area (TPSA) is 57.5 Å². The van der Waals surface area contributed by atoms with Gasteiger partial charge in [-0.1, -0.05) is 27.5 Å². The van der Waals surface area contributed by atoms with E-state index in [2.05, 4.69) is 15.9 Å². The lowest BCUT2D eigenvalue weighted by Gasteiger charge is -2.04. The van der Waals surface area contributed by atoms with Crippen LogP contribution in [0.4, 0.5) is 0 Å².